The number of benzene rings is 1. The molecule has 0 fully saturated rings. The van der Waals surface area contributed by atoms with Gasteiger partial charge in [-0.25, -0.2) is 0 Å². The lowest BCUT2D eigenvalue weighted by molar-refractivity contribution is -0.121. The van der Waals surface area contributed by atoms with Gasteiger partial charge in [0, 0.05) is 23.3 Å². The van der Waals surface area contributed by atoms with Crippen molar-refractivity contribution >= 4 is 23.2 Å². The molecule has 0 radical (unpaired) electrons. The van der Waals surface area contributed by atoms with Crippen LogP contribution in [0.5, 0.6) is 0 Å². The zero-order valence-corrected chi connectivity index (χ0v) is 17.5. The normalized spacial score (nSPS) is 13.7. The van der Waals surface area contributed by atoms with Gasteiger partial charge >= 0.3 is 0 Å². The second-order valence-electron chi connectivity index (χ2n) is 7.35. The van der Waals surface area contributed by atoms with E-state index in [9.17, 15) is 9.59 Å². The minimum absolute atomic E-state index is 0.137. The molecule has 0 aliphatic heterocycles. The SMILES string of the molecule is O=C(CCc1nc(-c2ccccc2)no1)NNC(=O)c1cc2c(s1)CCCCCC2. The molecule has 7 nitrogen and oxygen atoms in total. The summed E-state index contributed by atoms with van der Waals surface area (Å²) >= 11 is 1.53. The van der Waals surface area contributed by atoms with Gasteiger partial charge in [0.25, 0.3) is 5.91 Å². The Hall–Kier alpha value is -3.00. The highest BCUT2D eigenvalue weighted by Crippen LogP contribution is 2.28. The first kappa shape index (κ1) is 20.3. The molecule has 0 unspecified atom stereocenters. The van der Waals surface area contributed by atoms with Gasteiger partial charge in [-0.2, -0.15) is 4.98 Å². The van der Waals surface area contributed by atoms with Gasteiger partial charge in [0.2, 0.25) is 17.6 Å². The van der Waals surface area contributed by atoms with Gasteiger partial charge in [0.15, 0.2) is 0 Å². The molecule has 156 valence electrons. The fourth-order valence-electron chi connectivity index (χ4n) is 3.49. The van der Waals surface area contributed by atoms with Crippen LogP contribution in [-0.4, -0.2) is 22.0 Å². The molecule has 0 spiro atoms. The van der Waals surface area contributed by atoms with Gasteiger partial charge in [-0.3, -0.25) is 20.4 Å². The molecule has 4 rings (SSSR count). The third kappa shape index (κ3) is 5.13. The molecule has 0 saturated carbocycles. The number of rotatable bonds is 5. The quantitative estimate of drug-likeness (QED) is 0.607. The van der Waals surface area contributed by atoms with Gasteiger partial charge < -0.3 is 4.52 Å². The predicted octanol–water partition coefficient (Wildman–Crippen LogP) is 3.85. The summed E-state index contributed by atoms with van der Waals surface area (Å²) in [7, 11) is 0. The van der Waals surface area contributed by atoms with Crippen LogP contribution in [0.25, 0.3) is 11.4 Å². The highest BCUT2D eigenvalue weighted by Gasteiger charge is 2.17. The lowest BCUT2D eigenvalue weighted by atomic mass is 10.00. The number of nitrogens with one attached hydrogen (secondary N) is 2. The molecular formula is C22H24N4O3S. The number of hydrogen-bond acceptors (Lipinski definition) is 6. The zero-order chi connectivity index (χ0) is 20.8. The minimum atomic E-state index is -0.308. The lowest BCUT2D eigenvalue weighted by Crippen LogP contribution is -2.41. The van der Waals surface area contributed by atoms with Gasteiger partial charge in [-0.1, -0.05) is 48.3 Å². The maximum absolute atomic E-state index is 12.4. The van der Waals surface area contributed by atoms with Crippen LogP contribution >= 0.6 is 11.3 Å². The highest BCUT2D eigenvalue weighted by atomic mass is 32.1. The first-order chi connectivity index (χ1) is 14.7. The van der Waals surface area contributed by atoms with Crippen LogP contribution in [0.2, 0.25) is 0 Å². The molecule has 3 aromatic rings. The smallest absolute Gasteiger partial charge is 0.279 e. The first-order valence-corrected chi connectivity index (χ1v) is 11.1. The maximum Gasteiger partial charge on any atom is 0.279 e. The fraction of sp³-hybridized carbons (Fsp3) is 0.364. The van der Waals surface area contributed by atoms with Crippen LogP contribution in [0, 0.1) is 0 Å². The van der Waals surface area contributed by atoms with Crippen molar-refractivity contribution < 1.29 is 14.1 Å². The number of nitrogens with zero attached hydrogens (tertiary/aromatic N) is 2. The Labute approximate surface area is 178 Å². The van der Waals surface area contributed by atoms with Crippen LogP contribution in [0.4, 0.5) is 0 Å². The molecule has 2 amide bonds. The molecule has 2 heterocycles. The third-order valence-electron chi connectivity index (χ3n) is 5.10. The summed E-state index contributed by atoms with van der Waals surface area (Å²) in [6.07, 6.45) is 7.35. The molecule has 2 aromatic heterocycles. The van der Waals surface area contributed by atoms with Crippen molar-refractivity contribution in [3.63, 3.8) is 0 Å². The molecule has 30 heavy (non-hydrogen) atoms. The van der Waals surface area contributed by atoms with Crippen molar-refractivity contribution in [3.8, 4) is 11.4 Å². The molecular weight excluding hydrogens is 400 g/mol. The average Bonchev–Trinajstić information content (AvgIpc) is 3.38. The van der Waals surface area contributed by atoms with E-state index in [4.69, 9.17) is 4.52 Å². The zero-order valence-electron chi connectivity index (χ0n) is 16.6. The number of hydrazine groups is 1. The summed E-state index contributed by atoms with van der Waals surface area (Å²) in [5.41, 5.74) is 7.12. The van der Waals surface area contributed by atoms with Crippen molar-refractivity contribution in [1.82, 2.24) is 21.0 Å². The molecule has 0 saturated heterocycles. The number of fused-ring (bicyclic) bond motifs is 1. The van der Waals surface area contributed by atoms with E-state index >= 15 is 0 Å². The van der Waals surface area contributed by atoms with E-state index in [1.54, 1.807) is 0 Å². The number of carbonyl (C=O) groups excluding carboxylic acids is 2. The number of carbonyl (C=O) groups is 2. The molecule has 1 aliphatic carbocycles. The molecule has 1 aromatic carbocycles. The van der Waals surface area contributed by atoms with Crippen LogP contribution in [0.15, 0.2) is 40.9 Å². The topological polar surface area (TPSA) is 97.1 Å². The van der Waals surface area contributed by atoms with Crippen molar-refractivity contribution in [1.29, 1.82) is 0 Å². The van der Waals surface area contributed by atoms with Gasteiger partial charge in [0.05, 0.1) is 4.88 Å². The predicted molar refractivity (Wildman–Crippen MR) is 114 cm³/mol. The number of aromatic nitrogens is 2. The maximum atomic E-state index is 12.4. The fourth-order valence-corrected chi connectivity index (χ4v) is 4.64. The Morgan fingerprint density at radius 3 is 2.67 bits per heavy atom. The van der Waals surface area contributed by atoms with Crippen LogP contribution in [0.3, 0.4) is 0 Å². The molecule has 2 N–H and O–H groups in total. The summed E-state index contributed by atoms with van der Waals surface area (Å²) in [4.78, 5) is 30.8. The van der Waals surface area contributed by atoms with Crippen molar-refractivity contribution in [2.75, 3.05) is 0 Å². The van der Waals surface area contributed by atoms with Gasteiger partial charge in [0.1, 0.15) is 0 Å². The van der Waals surface area contributed by atoms with E-state index in [0.29, 0.717) is 23.0 Å². The second-order valence-corrected chi connectivity index (χ2v) is 8.49. The summed E-state index contributed by atoms with van der Waals surface area (Å²) in [5.74, 6) is 0.294. The highest BCUT2D eigenvalue weighted by molar-refractivity contribution is 7.14. The van der Waals surface area contributed by atoms with Crippen molar-refractivity contribution in [2.24, 2.45) is 0 Å². The van der Waals surface area contributed by atoms with E-state index in [2.05, 4.69) is 21.0 Å². The third-order valence-corrected chi connectivity index (χ3v) is 6.34. The van der Waals surface area contributed by atoms with E-state index in [0.717, 1.165) is 18.4 Å². The molecule has 0 bridgehead atoms. The first-order valence-electron chi connectivity index (χ1n) is 10.3. The Balaban J connectivity index is 1.25. The van der Waals surface area contributed by atoms with Crippen LogP contribution in [0.1, 0.15) is 58.1 Å². The standard InChI is InChI=1S/C22H24N4O3S/c27-19(12-13-20-23-21(26-29-20)15-8-5-3-6-9-15)24-25-22(28)18-14-16-10-4-1-2-7-11-17(16)30-18/h3,5-6,8-9,14H,1-2,4,7,10-13H2,(H,24,27)(H,25,28). The minimum Gasteiger partial charge on any atom is -0.339 e. The number of hydrogen-bond donors (Lipinski definition) is 2. The summed E-state index contributed by atoms with van der Waals surface area (Å²) < 4.78 is 5.20. The number of amides is 2. The average molecular weight is 425 g/mol. The Bertz CT molecular complexity index is 987. The largest absolute Gasteiger partial charge is 0.339 e. The lowest BCUT2D eigenvalue weighted by Gasteiger charge is -2.07. The number of thiophene rings is 1. The summed E-state index contributed by atoms with van der Waals surface area (Å²) in [5, 5.41) is 3.94. The summed E-state index contributed by atoms with van der Waals surface area (Å²) in [6.45, 7) is 0. The van der Waals surface area contributed by atoms with Crippen LogP contribution < -0.4 is 10.9 Å². The van der Waals surface area contributed by atoms with E-state index in [-0.39, 0.29) is 18.2 Å². The van der Waals surface area contributed by atoms with Gasteiger partial charge in [-0.15, -0.1) is 11.3 Å². The van der Waals surface area contributed by atoms with Gasteiger partial charge in [-0.05, 0) is 37.3 Å². The van der Waals surface area contributed by atoms with Crippen molar-refractivity contribution in [3.05, 3.63) is 57.6 Å². The van der Waals surface area contributed by atoms with E-state index in [1.807, 2.05) is 36.4 Å². The second kappa shape index (κ2) is 9.67. The molecule has 8 heteroatoms. The Kier molecular flexibility index (Phi) is 6.53. The summed E-state index contributed by atoms with van der Waals surface area (Å²) in [6, 6.07) is 11.5. The Morgan fingerprint density at radius 2 is 1.83 bits per heavy atom. The number of aryl methyl sites for hydroxylation is 3. The van der Waals surface area contributed by atoms with Crippen LogP contribution in [-0.2, 0) is 24.1 Å². The molecule has 1 aliphatic rings. The van der Waals surface area contributed by atoms with E-state index in [1.165, 1.54) is 47.5 Å². The van der Waals surface area contributed by atoms with Crippen molar-refractivity contribution in [2.45, 2.75) is 51.4 Å². The van der Waals surface area contributed by atoms with E-state index < -0.39 is 0 Å². The molecule has 0 atom stereocenters. The monoisotopic (exact) mass is 424 g/mol. The Morgan fingerprint density at radius 1 is 1.03 bits per heavy atom.